The molecule has 0 aromatic heterocycles. The summed E-state index contributed by atoms with van der Waals surface area (Å²) in [4.78, 5) is 0. The smallest absolute Gasteiger partial charge is 0.416 e. The zero-order valence-electron chi connectivity index (χ0n) is 13.5. The van der Waals surface area contributed by atoms with Gasteiger partial charge in [0, 0.05) is 6.04 Å². The zero-order chi connectivity index (χ0) is 17.7. The van der Waals surface area contributed by atoms with Crippen molar-refractivity contribution in [2.24, 2.45) is 0 Å². The number of halogens is 3. The number of benzene rings is 2. The number of alkyl halides is 3. The molecular formula is C18H20F3NO2. The minimum absolute atomic E-state index is 0.141. The fourth-order valence-electron chi connectivity index (χ4n) is 2.47. The Morgan fingerprint density at radius 1 is 1.08 bits per heavy atom. The SMILES string of the molecule is COc1cccc(C(CO)NC(C)c2ccc(C(F)(F)F)cc2)c1. The molecule has 0 amide bonds. The summed E-state index contributed by atoms with van der Waals surface area (Å²) >= 11 is 0. The minimum Gasteiger partial charge on any atom is -0.497 e. The van der Waals surface area contributed by atoms with Gasteiger partial charge in [0.1, 0.15) is 5.75 Å². The molecule has 0 aliphatic rings. The first-order valence-electron chi connectivity index (χ1n) is 7.53. The molecule has 0 bridgehead atoms. The molecule has 0 aliphatic heterocycles. The highest BCUT2D eigenvalue weighted by Gasteiger charge is 2.30. The van der Waals surface area contributed by atoms with E-state index in [2.05, 4.69) is 5.32 Å². The highest BCUT2D eigenvalue weighted by Crippen LogP contribution is 2.30. The summed E-state index contributed by atoms with van der Waals surface area (Å²) < 4.78 is 43.0. The van der Waals surface area contributed by atoms with Crippen LogP contribution in [0.3, 0.4) is 0 Å². The average Bonchev–Trinajstić information content (AvgIpc) is 2.58. The van der Waals surface area contributed by atoms with Crippen molar-refractivity contribution in [3.63, 3.8) is 0 Å². The van der Waals surface area contributed by atoms with Gasteiger partial charge in [0.2, 0.25) is 0 Å². The van der Waals surface area contributed by atoms with Gasteiger partial charge in [-0.3, -0.25) is 0 Å². The van der Waals surface area contributed by atoms with Gasteiger partial charge in [0.15, 0.2) is 0 Å². The third-order valence-corrected chi connectivity index (χ3v) is 3.87. The van der Waals surface area contributed by atoms with Crippen molar-refractivity contribution >= 4 is 0 Å². The largest absolute Gasteiger partial charge is 0.497 e. The number of aliphatic hydroxyl groups is 1. The maximum atomic E-state index is 12.6. The quantitative estimate of drug-likeness (QED) is 0.833. The van der Waals surface area contributed by atoms with Gasteiger partial charge < -0.3 is 15.2 Å². The standard InChI is InChI=1S/C18H20F3NO2/c1-12(13-6-8-15(9-7-13)18(19,20)21)22-17(11-23)14-4-3-5-16(10-14)24-2/h3-10,12,17,22-23H,11H2,1-2H3. The molecule has 0 saturated carbocycles. The van der Waals surface area contributed by atoms with E-state index in [-0.39, 0.29) is 18.7 Å². The van der Waals surface area contributed by atoms with Crippen molar-refractivity contribution in [3.8, 4) is 5.75 Å². The van der Waals surface area contributed by atoms with Gasteiger partial charge in [-0.05, 0) is 42.3 Å². The van der Waals surface area contributed by atoms with Gasteiger partial charge in [0.25, 0.3) is 0 Å². The minimum atomic E-state index is -4.34. The average molecular weight is 339 g/mol. The molecule has 2 unspecified atom stereocenters. The van der Waals surface area contributed by atoms with Gasteiger partial charge in [0.05, 0.1) is 25.3 Å². The Morgan fingerprint density at radius 3 is 2.29 bits per heavy atom. The van der Waals surface area contributed by atoms with E-state index in [0.717, 1.165) is 17.7 Å². The molecule has 2 rings (SSSR count). The second-order valence-electron chi connectivity index (χ2n) is 5.52. The van der Waals surface area contributed by atoms with E-state index in [1.165, 1.54) is 12.1 Å². The first kappa shape index (κ1) is 18.3. The number of hydrogen-bond donors (Lipinski definition) is 2. The fraction of sp³-hybridized carbons (Fsp3) is 0.333. The fourth-order valence-corrected chi connectivity index (χ4v) is 2.47. The Hall–Kier alpha value is -2.05. The van der Waals surface area contributed by atoms with Crippen LogP contribution in [-0.4, -0.2) is 18.8 Å². The Labute approximate surface area is 139 Å². The van der Waals surface area contributed by atoms with Crippen LogP contribution in [0, 0.1) is 0 Å². The molecule has 3 nitrogen and oxygen atoms in total. The van der Waals surface area contributed by atoms with Crippen molar-refractivity contribution in [1.82, 2.24) is 5.32 Å². The molecule has 130 valence electrons. The van der Waals surface area contributed by atoms with Crippen LogP contribution in [-0.2, 0) is 6.18 Å². The normalized spacial score (nSPS) is 14.2. The molecule has 2 N–H and O–H groups in total. The molecule has 2 atom stereocenters. The lowest BCUT2D eigenvalue weighted by Crippen LogP contribution is -2.27. The van der Waals surface area contributed by atoms with Crippen LogP contribution in [0.2, 0.25) is 0 Å². The topological polar surface area (TPSA) is 41.5 Å². The molecule has 24 heavy (non-hydrogen) atoms. The summed E-state index contributed by atoms with van der Waals surface area (Å²) in [6.07, 6.45) is -4.34. The maximum Gasteiger partial charge on any atom is 0.416 e. The van der Waals surface area contributed by atoms with Crippen molar-refractivity contribution < 1.29 is 23.0 Å². The van der Waals surface area contributed by atoms with E-state index < -0.39 is 11.7 Å². The van der Waals surface area contributed by atoms with E-state index in [1.807, 2.05) is 25.1 Å². The van der Waals surface area contributed by atoms with E-state index >= 15 is 0 Å². The third-order valence-electron chi connectivity index (χ3n) is 3.87. The lowest BCUT2D eigenvalue weighted by atomic mass is 10.0. The molecule has 2 aromatic carbocycles. The summed E-state index contributed by atoms with van der Waals surface area (Å²) in [6.45, 7) is 1.70. The van der Waals surface area contributed by atoms with E-state index in [9.17, 15) is 18.3 Å². The first-order valence-corrected chi connectivity index (χ1v) is 7.53. The molecule has 0 heterocycles. The van der Waals surface area contributed by atoms with E-state index in [1.54, 1.807) is 13.2 Å². The van der Waals surface area contributed by atoms with Crippen LogP contribution in [0.25, 0.3) is 0 Å². The summed E-state index contributed by atoms with van der Waals surface area (Å²) in [7, 11) is 1.56. The van der Waals surface area contributed by atoms with Crippen LogP contribution in [0.5, 0.6) is 5.75 Å². The number of nitrogens with one attached hydrogen (secondary N) is 1. The van der Waals surface area contributed by atoms with E-state index in [0.29, 0.717) is 11.3 Å². The Balaban J connectivity index is 2.12. The third kappa shape index (κ3) is 4.49. The summed E-state index contributed by atoms with van der Waals surface area (Å²) in [5.74, 6) is 0.676. The van der Waals surface area contributed by atoms with Gasteiger partial charge in [-0.2, -0.15) is 13.2 Å². The van der Waals surface area contributed by atoms with Gasteiger partial charge in [-0.1, -0.05) is 24.3 Å². The zero-order valence-corrected chi connectivity index (χ0v) is 13.5. The van der Waals surface area contributed by atoms with Gasteiger partial charge >= 0.3 is 6.18 Å². The summed E-state index contributed by atoms with van der Waals surface area (Å²) in [5, 5.41) is 12.9. The summed E-state index contributed by atoms with van der Waals surface area (Å²) in [6, 6.07) is 11.7. The molecule has 0 spiro atoms. The first-order chi connectivity index (χ1) is 11.3. The van der Waals surface area contributed by atoms with Crippen molar-refractivity contribution in [2.45, 2.75) is 25.2 Å². The van der Waals surface area contributed by atoms with Gasteiger partial charge in [-0.25, -0.2) is 0 Å². The highest BCUT2D eigenvalue weighted by atomic mass is 19.4. The predicted molar refractivity (Wildman–Crippen MR) is 85.8 cm³/mol. The van der Waals surface area contributed by atoms with Crippen LogP contribution < -0.4 is 10.1 Å². The monoisotopic (exact) mass is 339 g/mol. The molecule has 0 aliphatic carbocycles. The van der Waals surface area contributed by atoms with Crippen LogP contribution in [0.1, 0.15) is 35.7 Å². The second kappa shape index (κ2) is 7.68. The number of aliphatic hydroxyl groups excluding tert-OH is 1. The lowest BCUT2D eigenvalue weighted by Gasteiger charge is -2.23. The second-order valence-corrected chi connectivity index (χ2v) is 5.52. The van der Waals surface area contributed by atoms with Crippen LogP contribution in [0.15, 0.2) is 48.5 Å². The molecule has 0 saturated heterocycles. The Bertz CT molecular complexity index is 656. The lowest BCUT2D eigenvalue weighted by molar-refractivity contribution is -0.137. The Kier molecular flexibility index (Phi) is 5.85. The highest BCUT2D eigenvalue weighted by molar-refractivity contribution is 5.31. The predicted octanol–water partition coefficient (Wildman–Crippen LogP) is 4.10. The Morgan fingerprint density at radius 2 is 1.75 bits per heavy atom. The molecule has 0 radical (unpaired) electrons. The molecule has 2 aromatic rings. The van der Waals surface area contributed by atoms with Gasteiger partial charge in [-0.15, -0.1) is 0 Å². The van der Waals surface area contributed by atoms with Crippen LogP contribution in [0.4, 0.5) is 13.2 Å². The van der Waals surface area contributed by atoms with Crippen molar-refractivity contribution in [2.75, 3.05) is 13.7 Å². The number of ether oxygens (including phenoxy) is 1. The maximum absolute atomic E-state index is 12.6. The van der Waals surface area contributed by atoms with E-state index in [4.69, 9.17) is 4.74 Å². The van der Waals surface area contributed by atoms with Crippen LogP contribution >= 0.6 is 0 Å². The number of rotatable bonds is 6. The number of hydrogen-bond acceptors (Lipinski definition) is 3. The number of methoxy groups -OCH3 is 1. The van der Waals surface area contributed by atoms with Crippen molar-refractivity contribution in [1.29, 1.82) is 0 Å². The molecular weight excluding hydrogens is 319 g/mol. The molecule has 0 fully saturated rings. The molecule has 6 heteroatoms. The summed E-state index contributed by atoms with van der Waals surface area (Å²) in [5.41, 5.74) is 0.880. The van der Waals surface area contributed by atoms with Crippen molar-refractivity contribution in [3.05, 3.63) is 65.2 Å².